The average Bonchev–Trinajstić information content (AvgIpc) is 2.68. The zero-order valence-corrected chi connectivity index (χ0v) is 14.4. The lowest BCUT2D eigenvalue weighted by atomic mass is 10.0. The van der Waals surface area contributed by atoms with E-state index in [9.17, 15) is 0 Å². The molecule has 0 amide bonds. The number of nitrogens with zero attached hydrogens (tertiary/aromatic N) is 2. The van der Waals surface area contributed by atoms with E-state index in [1.54, 1.807) is 0 Å². The summed E-state index contributed by atoms with van der Waals surface area (Å²) in [6.07, 6.45) is 6.00. The summed E-state index contributed by atoms with van der Waals surface area (Å²) in [5, 5.41) is 8.22. The zero-order valence-electron chi connectivity index (χ0n) is 12.8. The maximum Gasteiger partial charge on any atom is 0.0738 e. The monoisotopic (exact) mass is 329 g/mol. The maximum absolute atomic E-state index is 4.56. The van der Waals surface area contributed by atoms with Crippen LogP contribution in [0.4, 0.5) is 0 Å². The Morgan fingerprint density at radius 3 is 2.53 bits per heavy atom. The first-order valence-corrected chi connectivity index (χ1v) is 8.38. The summed E-state index contributed by atoms with van der Waals surface area (Å²) < 4.78 is 3.32. The molecule has 0 bridgehead atoms. The third-order valence-corrected chi connectivity index (χ3v) is 4.53. The number of halogens is 1. The van der Waals surface area contributed by atoms with Crippen molar-refractivity contribution in [2.24, 2.45) is 0 Å². The molecule has 0 aromatic carbocycles. The number of aryl methyl sites for hydroxylation is 2. The smallest absolute Gasteiger partial charge is 0.0738 e. The highest BCUT2D eigenvalue weighted by Crippen LogP contribution is 2.23. The highest BCUT2D eigenvalue weighted by atomic mass is 79.9. The first-order valence-electron chi connectivity index (χ1n) is 7.59. The molecule has 1 rings (SSSR count). The molecule has 1 aromatic rings. The largest absolute Gasteiger partial charge is 0.314 e. The molecule has 0 spiro atoms. The number of hydrogen-bond acceptors (Lipinski definition) is 2. The van der Waals surface area contributed by atoms with Crippen LogP contribution in [0.25, 0.3) is 0 Å². The third-order valence-electron chi connectivity index (χ3n) is 3.50. The summed E-state index contributed by atoms with van der Waals surface area (Å²) in [7, 11) is 0. The lowest BCUT2D eigenvalue weighted by Gasteiger charge is -2.18. The second-order valence-electron chi connectivity index (χ2n) is 5.14. The molecule has 0 aliphatic heterocycles. The Labute approximate surface area is 126 Å². The Bertz CT molecular complexity index is 374. The van der Waals surface area contributed by atoms with Gasteiger partial charge in [-0.1, -0.05) is 20.3 Å². The Hall–Kier alpha value is -0.350. The molecule has 0 aliphatic rings. The molecule has 0 fully saturated rings. The van der Waals surface area contributed by atoms with E-state index in [1.807, 2.05) is 0 Å². The first kappa shape index (κ1) is 16.7. The summed E-state index contributed by atoms with van der Waals surface area (Å²) in [5.41, 5.74) is 2.45. The van der Waals surface area contributed by atoms with Crippen molar-refractivity contribution in [2.75, 3.05) is 6.54 Å². The molecule has 0 radical (unpaired) electrons. The quantitative estimate of drug-likeness (QED) is 0.739. The van der Waals surface area contributed by atoms with Gasteiger partial charge in [-0.2, -0.15) is 5.10 Å². The van der Waals surface area contributed by atoms with Gasteiger partial charge in [0.25, 0.3) is 0 Å². The van der Waals surface area contributed by atoms with Crippen molar-refractivity contribution in [1.29, 1.82) is 0 Å². The first-order chi connectivity index (χ1) is 9.13. The van der Waals surface area contributed by atoms with Crippen LogP contribution >= 0.6 is 15.9 Å². The molecule has 1 N–H and O–H groups in total. The van der Waals surface area contributed by atoms with Crippen LogP contribution in [-0.4, -0.2) is 22.4 Å². The standard InChI is InChI=1S/C15H28BrN3/c1-5-8-13(17-11-6-2)9-10-14-15(16)12(4)18-19(14)7-3/h13,17H,5-11H2,1-4H3. The topological polar surface area (TPSA) is 29.9 Å². The van der Waals surface area contributed by atoms with E-state index < -0.39 is 0 Å². The van der Waals surface area contributed by atoms with Crippen molar-refractivity contribution >= 4 is 15.9 Å². The minimum atomic E-state index is 0.636. The second-order valence-corrected chi connectivity index (χ2v) is 5.93. The highest BCUT2D eigenvalue weighted by Gasteiger charge is 2.14. The molecule has 1 heterocycles. The van der Waals surface area contributed by atoms with Gasteiger partial charge in [0.05, 0.1) is 15.9 Å². The van der Waals surface area contributed by atoms with E-state index in [4.69, 9.17) is 0 Å². The van der Waals surface area contributed by atoms with Crippen LogP contribution in [0, 0.1) is 6.92 Å². The fraction of sp³-hybridized carbons (Fsp3) is 0.800. The number of hydrogen-bond donors (Lipinski definition) is 1. The second kappa shape index (κ2) is 8.75. The Kier molecular flexibility index (Phi) is 7.69. The Morgan fingerprint density at radius 2 is 1.95 bits per heavy atom. The summed E-state index contributed by atoms with van der Waals surface area (Å²) in [6.45, 7) is 10.8. The van der Waals surface area contributed by atoms with Gasteiger partial charge in [0.1, 0.15) is 0 Å². The minimum Gasteiger partial charge on any atom is -0.314 e. The average molecular weight is 330 g/mol. The van der Waals surface area contributed by atoms with E-state index in [2.05, 4.69) is 58.7 Å². The van der Waals surface area contributed by atoms with Gasteiger partial charge in [0.15, 0.2) is 0 Å². The number of nitrogens with one attached hydrogen (secondary N) is 1. The molecule has 3 nitrogen and oxygen atoms in total. The molecule has 1 atom stereocenters. The predicted octanol–water partition coefficient (Wildman–Crippen LogP) is 4.07. The van der Waals surface area contributed by atoms with Crippen LogP contribution in [0.3, 0.4) is 0 Å². The van der Waals surface area contributed by atoms with E-state index >= 15 is 0 Å². The van der Waals surface area contributed by atoms with Crippen LogP contribution in [0.1, 0.15) is 57.8 Å². The fourth-order valence-corrected chi connectivity index (χ4v) is 2.95. The molecule has 1 unspecified atom stereocenters. The fourth-order valence-electron chi connectivity index (χ4n) is 2.46. The van der Waals surface area contributed by atoms with Crippen LogP contribution in [0.5, 0.6) is 0 Å². The molecule has 0 aliphatic carbocycles. The van der Waals surface area contributed by atoms with Crippen molar-refractivity contribution in [2.45, 2.75) is 72.4 Å². The third kappa shape index (κ3) is 4.92. The van der Waals surface area contributed by atoms with Gasteiger partial charge in [0.2, 0.25) is 0 Å². The van der Waals surface area contributed by atoms with Gasteiger partial charge in [-0.15, -0.1) is 0 Å². The summed E-state index contributed by atoms with van der Waals surface area (Å²) >= 11 is 3.68. The SMILES string of the molecule is CCCNC(CCC)CCc1c(Br)c(C)nn1CC. The predicted molar refractivity (Wildman–Crippen MR) is 85.6 cm³/mol. The Balaban J connectivity index is 2.62. The van der Waals surface area contributed by atoms with E-state index in [0.29, 0.717) is 6.04 Å². The van der Waals surface area contributed by atoms with Crippen LogP contribution in [0.15, 0.2) is 4.47 Å². The molecule has 0 saturated heterocycles. The minimum absolute atomic E-state index is 0.636. The van der Waals surface area contributed by atoms with Crippen molar-refractivity contribution in [1.82, 2.24) is 15.1 Å². The lowest BCUT2D eigenvalue weighted by molar-refractivity contribution is 0.441. The number of aromatic nitrogens is 2. The molecule has 4 heteroatoms. The van der Waals surface area contributed by atoms with Crippen molar-refractivity contribution in [3.05, 3.63) is 15.9 Å². The number of rotatable bonds is 9. The van der Waals surface area contributed by atoms with Gasteiger partial charge in [-0.05, 0) is 62.0 Å². The molecule has 0 saturated carbocycles. The maximum atomic E-state index is 4.56. The van der Waals surface area contributed by atoms with Crippen molar-refractivity contribution in [3.8, 4) is 0 Å². The van der Waals surface area contributed by atoms with Crippen LogP contribution < -0.4 is 5.32 Å². The lowest BCUT2D eigenvalue weighted by Crippen LogP contribution is -2.30. The van der Waals surface area contributed by atoms with Crippen molar-refractivity contribution < 1.29 is 0 Å². The van der Waals surface area contributed by atoms with Gasteiger partial charge in [-0.3, -0.25) is 4.68 Å². The van der Waals surface area contributed by atoms with Gasteiger partial charge in [0, 0.05) is 12.6 Å². The normalized spacial score (nSPS) is 12.9. The molecule has 1 aromatic heterocycles. The van der Waals surface area contributed by atoms with Gasteiger partial charge >= 0.3 is 0 Å². The van der Waals surface area contributed by atoms with E-state index in [-0.39, 0.29) is 0 Å². The van der Waals surface area contributed by atoms with E-state index in [0.717, 1.165) is 25.2 Å². The van der Waals surface area contributed by atoms with Crippen LogP contribution in [0.2, 0.25) is 0 Å². The van der Waals surface area contributed by atoms with E-state index in [1.165, 1.54) is 35.8 Å². The van der Waals surface area contributed by atoms with Gasteiger partial charge in [-0.25, -0.2) is 0 Å². The van der Waals surface area contributed by atoms with Gasteiger partial charge < -0.3 is 5.32 Å². The molecular weight excluding hydrogens is 302 g/mol. The summed E-state index contributed by atoms with van der Waals surface area (Å²) in [6, 6.07) is 0.636. The van der Waals surface area contributed by atoms with Crippen molar-refractivity contribution in [3.63, 3.8) is 0 Å². The Morgan fingerprint density at radius 1 is 1.21 bits per heavy atom. The summed E-state index contributed by atoms with van der Waals surface area (Å²) in [5.74, 6) is 0. The molecule has 110 valence electrons. The zero-order chi connectivity index (χ0) is 14.3. The highest BCUT2D eigenvalue weighted by molar-refractivity contribution is 9.10. The van der Waals surface area contributed by atoms with Crippen LogP contribution in [-0.2, 0) is 13.0 Å². The molecule has 19 heavy (non-hydrogen) atoms. The summed E-state index contributed by atoms with van der Waals surface area (Å²) in [4.78, 5) is 0. The molecular formula is C15H28BrN3.